The molecule has 3 aromatic heterocycles. The molecule has 20 heavy (non-hydrogen) atoms. The number of carbonyl (C=O) groups is 1. The van der Waals surface area contributed by atoms with Crippen molar-refractivity contribution in [3.8, 4) is 0 Å². The summed E-state index contributed by atoms with van der Waals surface area (Å²) in [6.45, 7) is 1.42. The molecule has 1 amide bonds. The van der Waals surface area contributed by atoms with Crippen molar-refractivity contribution in [2.24, 2.45) is 0 Å². The average Bonchev–Trinajstić information content (AvgIpc) is 3.13. The van der Waals surface area contributed by atoms with Crippen LogP contribution in [0, 0.1) is 0 Å². The third-order valence-electron chi connectivity index (χ3n) is 3.13. The van der Waals surface area contributed by atoms with Gasteiger partial charge < -0.3 is 14.3 Å². The lowest BCUT2D eigenvalue weighted by atomic mass is 10.3. The molecule has 5 heteroatoms. The molecule has 5 nitrogen and oxygen atoms in total. The minimum Gasteiger partial charge on any atom is -0.459 e. The molecular weight excluding hydrogens is 254 g/mol. The third-order valence-corrected chi connectivity index (χ3v) is 3.13. The molecule has 0 saturated carbocycles. The molecule has 1 N–H and O–H groups in total. The first-order valence-electron chi connectivity index (χ1n) is 6.56. The van der Waals surface area contributed by atoms with E-state index in [9.17, 15) is 4.79 Å². The van der Waals surface area contributed by atoms with Crippen LogP contribution in [0.25, 0.3) is 11.0 Å². The Morgan fingerprint density at radius 2 is 2.25 bits per heavy atom. The SMILES string of the molecule is O=C(NCCCn1ccc2cccnc21)c1ccco1. The van der Waals surface area contributed by atoms with Gasteiger partial charge in [0.15, 0.2) is 5.76 Å². The monoisotopic (exact) mass is 269 g/mol. The first-order valence-corrected chi connectivity index (χ1v) is 6.56. The Morgan fingerprint density at radius 3 is 3.10 bits per heavy atom. The van der Waals surface area contributed by atoms with Crippen LogP contribution in [0.2, 0.25) is 0 Å². The number of hydrogen-bond acceptors (Lipinski definition) is 3. The van der Waals surface area contributed by atoms with Gasteiger partial charge in [0, 0.05) is 30.9 Å². The summed E-state index contributed by atoms with van der Waals surface area (Å²) in [5.74, 6) is 0.170. The lowest BCUT2D eigenvalue weighted by Crippen LogP contribution is -2.24. The van der Waals surface area contributed by atoms with Gasteiger partial charge in [-0.2, -0.15) is 0 Å². The van der Waals surface area contributed by atoms with Crippen LogP contribution in [0.1, 0.15) is 17.0 Å². The predicted molar refractivity (Wildman–Crippen MR) is 75.4 cm³/mol. The Morgan fingerprint density at radius 1 is 1.30 bits per heavy atom. The van der Waals surface area contributed by atoms with Gasteiger partial charge in [0.05, 0.1) is 6.26 Å². The van der Waals surface area contributed by atoms with Crippen molar-refractivity contribution < 1.29 is 9.21 Å². The maximum Gasteiger partial charge on any atom is 0.286 e. The second-order valence-electron chi connectivity index (χ2n) is 4.51. The summed E-state index contributed by atoms with van der Waals surface area (Å²) in [4.78, 5) is 16.0. The van der Waals surface area contributed by atoms with Crippen LogP contribution in [-0.2, 0) is 6.54 Å². The fourth-order valence-electron chi connectivity index (χ4n) is 2.15. The van der Waals surface area contributed by atoms with E-state index in [1.807, 2.05) is 24.4 Å². The van der Waals surface area contributed by atoms with E-state index in [2.05, 4.69) is 14.9 Å². The number of amides is 1. The normalized spacial score (nSPS) is 10.8. The standard InChI is InChI=1S/C15H15N3O2/c19-15(13-5-2-11-20-13)17-8-3-9-18-10-6-12-4-1-7-16-14(12)18/h1-2,4-7,10-11H,3,8-9H2,(H,17,19). The van der Waals surface area contributed by atoms with Gasteiger partial charge in [0.2, 0.25) is 0 Å². The zero-order chi connectivity index (χ0) is 13.8. The van der Waals surface area contributed by atoms with E-state index < -0.39 is 0 Å². The summed E-state index contributed by atoms with van der Waals surface area (Å²) in [7, 11) is 0. The van der Waals surface area contributed by atoms with Crippen molar-refractivity contribution in [1.29, 1.82) is 0 Å². The Kier molecular flexibility index (Phi) is 3.50. The highest BCUT2D eigenvalue weighted by molar-refractivity contribution is 5.91. The Labute approximate surface area is 116 Å². The van der Waals surface area contributed by atoms with Crippen LogP contribution in [0.3, 0.4) is 0 Å². The topological polar surface area (TPSA) is 60.1 Å². The highest BCUT2D eigenvalue weighted by Crippen LogP contribution is 2.12. The minimum atomic E-state index is -0.175. The zero-order valence-corrected chi connectivity index (χ0v) is 11.0. The van der Waals surface area contributed by atoms with E-state index in [1.54, 1.807) is 18.3 Å². The molecule has 0 aliphatic heterocycles. The third kappa shape index (κ3) is 2.56. The molecule has 0 atom stereocenters. The van der Waals surface area contributed by atoms with E-state index in [4.69, 9.17) is 4.42 Å². The smallest absolute Gasteiger partial charge is 0.286 e. The Hall–Kier alpha value is -2.56. The van der Waals surface area contributed by atoms with E-state index in [1.165, 1.54) is 6.26 Å². The molecular formula is C15H15N3O2. The molecule has 0 unspecified atom stereocenters. The van der Waals surface area contributed by atoms with Crippen molar-refractivity contribution in [1.82, 2.24) is 14.9 Å². The van der Waals surface area contributed by atoms with Crippen molar-refractivity contribution in [2.75, 3.05) is 6.54 Å². The molecule has 3 heterocycles. The van der Waals surface area contributed by atoms with E-state index in [0.29, 0.717) is 12.3 Å². The average molecular weight is 269 g/mol. The molecule has 102 valence electrons. The molecule has 0 bridgehead atoms. The molecule has 3 aromatic rings. The van der Waals surface area contributed by atoms with Crippen molar-refractivity contribution in [3.05, 3.63) is 54.7 Å². The molecule has 0 fully saturated rings. The largest absolute Gasteiger partial charge is 0.459 e. The number of furan rings is 1. The number of fused-ring (bicyclic) bond motifs is 1. The first kappa shape index (κ1) is 12.5. The molecule has 0 aliphatic carbocycles. The quantitative estimate of drug-likeness (QED) is 0.724. The Bertz CT molecular complexity index is 701. The highest BCUT2D eigenvalue weighted by Gasteiger charge is 2.07. The summed E-state index contributed by atoms with van der Waals surface area (Å²) >= 11 is 0. The van der Waals surface area contributed by atoms with Crippen LogP contribution >= 0.6 is 0 Å². The predicted octanol–water partition coefficient (Wildman–Crippen LogP) is 2.45. The van der Waals surface area contributed by atoms with Crippen molar-refractivity contribution in [2.45, 2.75) is 13.0 Å². The van der Waals surface area contributed by atoms with Gasteiger partial charge in [-0.15, -0.1) is 0 Å². The summed E-state index contributed by atoms with van der Waals surface area (Å²) < 4.78 is 7.12. The molecule has 0 aromatic carbocycles. The molecule has 0 saturated heterocycles. The van der Waals surface area contributed by atoms with E-state index in [-0.39, 0.29) is 5.91 Å². The molecule has 0 radical (unpaired) electrons. The van der Waals surface area contributed by atoms with Gasteiger partial charge >= 0.3 is 0 Å². The summed E-state index contributed by atoms with van der Waals surface area (Å²) in [5.41, 5.74) is 0.977. The van der Waals surface area contributed by atoms with E-state index in [0.717, 1.165) is 24.0 Å². The number of aromatic nitrogens is 2. The number of nitrogens with zero attached hydrogens (tertiary/aromatic N) is 2. The number of nitrogens with one attached hydrogen (secondary N) is 1. The lowest BCUT2D eigenvalue weighted by Gasteiger charge is -2.05. The Balaban J connectivity index is 1.52. The molecule has 0 aliphatic rings. The van der Waals surface area contributed by atoms with E-state index >= 15 is 0 Å². The van der Waals surface area contributed by atoms with Gasteiger partial charge in [-0.25, -0.2) is 4.98 Å². The summed E-state index contributed by atoms with van der Waals surface area (Å²) in [5, 5.41) is 3.96. The first-order chi connectivity index (χ1) is 9.84. The van der Waals surface area contributed by atoms with Gasteiger partial charge in [-0.1, -0.05) is 0 Å². The number of rotatable bonds is 5. The summed E-state index contributed by atoms with van der Waals surface area (Å²) in [6, 6.07) is 9.36. The maximum atomic E-state index is 11.7. The second-order valence-corrected chi connectivity index (χ2v) is 4.51. The van der Waals surface area contributed by atoms with Crippen LogP contribution in [0.15, 0.2) is 53.4 Å². The number of pyridine rings is 1. The second kappa shape index (κ2) is 5.61. The number of carbonyl (C=O) groups excluding carboxylic acids is 1. The zero-order valence-electron chi connectivity index (χ0n) is 11.0. The van der Waals surface area contributed by atoms with Gasteiger partial charge in [0.25, 0.3) is 5.91 Å². The van der Waals surface area contributed by atoms with Crippen molar-refractivity contribution >= 4 is 16.9 Å². The van der Waals surface area contributed by atoms with Crippen LogP contribution in [-0.4, -0.2) is 22.0 Å². The number of hydrogen-bond donors (Lipinski definition) is 1. The fraction of sp³-hybridized carbons (Fsp3) is 0.200. The molecule has 0 spiro atoms. The fourth-order valence-corrected chi connectivity index (χ4v) is 2.15. The summed E-state index contributed by atoms with van der Waals surface area (Å²) in [6.07, 6.45) is 6.14. The van der Waals surface area contributed by atoms with Gasteiger partial charge in [0.1, 0.15) is 5.65 Å². The van der Waals surface area contributed by atoms with Crippen LogP contribution in [0.5, 0.6) is 0 Å². The van der Waals surface area contributed by atoms with Gasteiger partial charge in [-0.3, -0.25) is 4.79 Å². The number of aryl methyl sites for hydroxylation is 1. The maximum absolute atomic E-state index is 11.7. The van der Waals surface area contributed by atoms with Crippen LogP contribution in [0.4, 0.5) is 0 Å². The lowest BCUT2D eigenvalue weighted by molar-refractivity contribution is 0.0925. The molecule has 3 rings (SSSR count). The van der Waals surface area contributed by atoms with Crippen LogP contribution < -0.4 is 5.32 Å². The van der Waals surface area contributed by atoms with Crippen molar-refractivity contribution in [3.63, 3.8) is 0 Å². The minimum absolute atomic E-state index is 0.175. The highest BCUT2D eigenvalue weighted by atomic mass is 16.3. The van der Waals surface area contributed by atoms with Gasteiger partial charge in [-0.05, 0) is 36.8 Å².